The number of carbonyl (C=O) groups is 1. The summed E-state index contributed by atoms with van der Waals surface area (Å²) < 4.78 is 20.5. The first kappa shape index (κ1) is 15.4. The molecule has 0 aliphatic heterocycles. The Labute approximate surface area is 98.3 Å². The molecule has 0 heterocycles. The second kappa shape index (κ2) is 8.55. The molecule has 16 heavy (non-hydrogen) atoms. The number of ether oxygens (including phenoxy) is 2. The Kier molecular flexibility index (Phi) is 8.23. The third-order valence-electron chi connectivity index (χ3n) is 2.06. The van der Waals surface area contributed by atoms with Gasteiger partial charge in [0.15, 0.2) is 0 Å². The third kappa shape index (κ3) is 6.81. The summed E-state index contributed by atoms with van der Waals surface area (Å²) in [4.78, 5) is 10.7. The molecule has 0 N–H and O–H groups in total. The summed E-state index contributed by atoms with van der Waals surface area (Å²) in [5.41, 5.74) is 0. The molecule has 0 bridgehead atoms. The van der Waals surface area contributed by atoms with Crippen LogP contribution < -0.4 is 0 Å². The lowest BCUT2D eigenvalue weighted by atomic mass is 10.5. The standard InChI is InChI=1S/C10H22O5Si/c1-5-14-16(4,15-6-2)9-7-8-13-10(11)12-3/h5-9H2,1-4H3. The van der Waals surface area contributed by atoms with Gasteiger partial charge in [0.25, 0.3) is 0 Å². The van der Waals surface area contributed by atoms with Crippen molar-refractivity contribution in [1.29, 1.82) is 0 Å². The highest BCUT2D eigenvalue weighted by Crippen LogP contribution is 2.15. The highest BCUT2D eigenvalue weighted by atomic mass is 28.4. The average molecular weight is 250 g/mol. The van der Waals surface area contributed by atoms with Crippen molar-refractivity contribution in [2.75, 3.05) is 26.9 Å². The molecular weight excluding hydrogens is 228 g/mol. The molecule has 0 atom stereocenters. The van der Waals surface area contributed by atoms with Crippen molar-refractivity contribution in [3.63, 3.8) is 0 Å². The molecule has 0 unspecified atom stereocenters. The molecule has 0 aliphatic carbocycles. The molecule has 0 aromatic heterocycles. The third-order valence-corrected chi connectivity index (χ3v) is 5.12. The molecule has 0 aromatic rings. The molecule has 5 nitrogen and oxygen atoms in total. The molecule has 0 rings (SSSR count). The van der Waals surface area contributed by atoms with Gasteiger partial charge in [-0.3, -0.25) is 0 Å². The largest absolute Gasteiger partial charge is 0.507 e. The van der Waals surface area contributed by atoms with Crippen molar-refractivity contribution in [1.82, 2.24) is 0 Å². The first-order valence-corrected chi connectivity index (χ1v) is 8.09. The quantitative estimate of drug-likeness (QED) is 0.376. The number of hydrogen-bond donors (Lipinski definition) is 0. The minimum atomic E-state index is -2.06. The van der Waals surface area contributed by atoms with Gasteiger partial charge in [-0.2, -0.15) is 0 Å². The Balaban J connectivity index is 3.79. The summed E-state index contributed by atoms with van der Waals surface area (Å²) in [7, 11) is -0.770. The monoisotopic (exact) mass is 250 g/mol. The highest BCUT2D eigenvalue weighted by Gasteiger charge is 2.30. The molecule has 0 amide bonds. The van der Waals surface area contributed by atoms with Crippen molar-refractivity contribution >= 4 is 14.7 Å². The molecule has 0 saturated heterocycles. The van der Waals surface area contributed by atoms with Crippen LogP contribution in [0, 0.1) is 0 Å². The summed E-state index contributed by atoms with van der Waals surface area (Å²) in [6, 6.07) is 0.811. The molecule has 0 spiro atoms. The van der Waals surface area contributed by atoms with Gasteiger partial charge in [0.2, 0.25) is 0 Å². The van der Waals surface area contributed by atoms with Crippen molar-refractivity contribution < 1.29 is 23.1 Å². The summed E-state index contributed by atoms with van der Waals surface area (Å²) in [5.74, 6) is 0. The van der Waals surface area contributed by atoms with E-state index >= 15 is 0 Å². The summed E-state index contributed by atoms with van der Waals surface area (Å²) >= 11 is 0. The lowest BCUT2D eigenvalue weighted by molar-refractivity contribution is 0.0717. The van der Waals surface area contributed by atoms with Crippen molar-refractivity contribution in [3.8, 4) is 0 Å². The zero-order valence-corrected chi connectivity index (χ0v) is 11.6. The zero-order chi connectivity index (χ0) is 12.4. The van der Waals surface area contributed by atoms with Crippen LogP contribution in [0.2, 0.25) is 12.6 Å². The molecule has 0 fully saturated rings. The summed E-state index contributed by atoms with van der Waals surface area (Å²) in [6.07, 6.45) is 0.0915. The van der Waals surface area contributed by atoms with Gasteiger partial charge < -0.3 is 18.3 Å². The van der Waals surface area contributed by atoms with Crippen LogP contribution in [0.4, 0.5) is 4.79 Å². The molecule has 0 aliphatic rings. The van der Waals surface area contributed by atoms with E-state index in [1.807, 2.05) is 20.4 Å². The molecule has 0 radical (unpaired) electrons. The predicted octanol–water partition coefficient (Wildman–Crippen LogP) is 2.30. The predicted molar refractivity (Wildman–Crippen MR) is 62.7 cm³/mol. The Hall–Kier alpha value is -0.593. The van der Waals surface area contributed by atoms with E-state index in [1.165, 1.54) is 7.11 Å². The van der Waals surface area contributed by atoms with Gasteiger partial charge in [0, 0.05) is 13.2 Å². The van der Waals surface area contributed by atoms with E-state index in [4.69, 9.17) is 13.6 Å². The first-order valence-electron chi connectivity index (χ1n) is 5.56. The lowest BCUT2D eigenvalue weighted by Gasteiger charge is -2.25. The normalized spacial score (nSPS) is 11.2. The van der Waals surface area contributed by atoms with Crippen LogP contribution in [0.3, 0.4) is 0 Å². The maximum absolute atomic E-state index is 10.7. The van der Waals surface area contributed by atoms with Crippen LogP contribution >= 0.6 is 0 Å². The maximum atomic E-state index is 10.7. The molecule has 0 aromatic carbocycles. The Morgan fingerprint density at radius 2 is 1.75 bits per heavy atom. The maximum Gasteiger partial charge on any atom is 0.507 e. The minimum Gasteiger partial charge on any atom is -0.438 e. The van der Waals surface area contributed by atoms with E-state index in [2.05, 4.69) is 4.74 Å². The van der Waals surface area contributed by atoms with Gasteiger partial charge in [-0.1, -0.05) is 0 Å². The first-order chi connectivity index (χ1) is 7.58. The van der Waals surface area contributed by atoms with Crippen LogP contribution in [0.15, 0.2) is 0 Å². The van der Waals surface area contributed by atoms with Gasteiger partial charge >= 0.3 is 14.7 Å². The second-order valence-electron chi connectivity index (χ2n) is 3.41. The van der Waals surface area contributed by atoms with Crippen LogP contribution in [0.1, 0.15) is 20.3 Å². The van der Waals surface area contributed by atoms with Crippen LogP contribution in [0.5, 0.6) is 0 Å². The molecular formula is C10H22O5Si. The topological polar surface area (TPSA) is 54.0 Å². The van der Waals surface area contributed by atoms with Crippen molar-refractivity contribution in [2.45, 2.75) is 32.9 Å². The Morgan fingerprint density at radius 3 is 2.19 bits per heavy atom. The number of methoxy groups -OCH3 is 1. The smallest absolute Gasteiger partial charge is 0.438 e. The van der Waals surface area contributed by atoms with Crippen molar-refractivity contribution in [2.24, 2.45) is 0 Å². The van der Waals surface area contributed by atoms with Gasteiger partial charge in [0.05, 0.1) is 13.7 Å². The molecule has 6 heteroatoms. The van der Waals surface area contributed by atoms with Gasteiger partial charge in [-0.25, -0.2) is 4.79 Å². The number of carbonyl (C=O) groups excluding carboxylic acids is 1. The van der Waals surface area contributed by atoms with Crippen LogP contribution in [0.25, 0.3) is 0 Å². The summed E-state index contributed by atoms with van der Waals surface area (Å²) in [5, 5.41) is 0. The van der Waals surface area contributed by atoms with Gasteiger partial charge in [0.1, 0.15) is 0 Å². The average Bonchev–Trinajstić information content (AvgIpc) is 2.25. The van der Waals surface area contributed by atoms with Crippen molar-refractivity contribution in [3.05, 3.63) is 0 Å². The SMILES string of the molecule is CCO[Si](C)(CCCOC(=O)OC)OCC. The molecule has 96 valence electrons. The van der Waals surface area contributed by atoms with E-state index in [1.54, 1.807) is 0 Å². The second-order valence-corrected chi connectivity index (χ2v) is 6.75. The Bertz CT molecular complexity index is 192. The van der Waals surface area contributed by atoms with Crippen LogP contribution in [-0.2, 0) is 18.3 Å². The fraction of sp³-hybridized carbons (Fsp3) is 0.900. The number of hydrogen-bond acceptors (Lipinski definition) is 5. The van der Waals surface area contributed by atoms with Gasteiger partial charge in [-0.15, -0.1) is 0 Å². The molecule has 0 saturated carbocycles. The summed E-state index contributed by atoms with van der Waals surface area (Å²) in [6.45, 7) is 7.58. The van der Waals surface area contributed by atoms with Gasteiger partial charge in [-0.05, 0) is 32.9 Å². The van der Waals surface area contributed by atoms with E-state index in [9.17, 15) is 4.79 Å². The number of rotatable bonds is 8. The Morgan fingerprint density at radius 1 is 1.19 bits per heavy atom. The van der Waals surface area contributed by atoms with E-state index < -0.39 is 14.7 Å². The van der Waals surface area contributed by atoms with E-state index in [-0.39, 0.29) is 0 Å². The lowest BCUT2D eigenvalue weighted by Crippen LogP contribution is -2.38. The van der Waals surface area contributed by atoms with E-state index in [0.29, 0.717) is 19.8 Å². The minimum absolute atomic E-state index is 0.343. The van der Waals surface area contributed by atoms with Crippen LogP contribution in [-0.4, -0.2) is 41.6 Å². The van der Waals surface area contributed by atoms with E-state index in [0.717, 1.165) is 12.5 Å². The highest BCUT2D eigenvalue weighted by molar-refractivity contribution is 6.66. The fourth-order valence-electron chi connectivity index (χ4n) is 1.40. The zero-order valence-electron chi connectivity index (χ0n) is 10.6. The fourth-order valence-corrected chi connectivity index (χ4v) is 3.78.